The first-order chi connectivity index (χ1) is 18.0. The summed E-state index contributed by atoms with van der Waals surface area (Å²) < 4.78 is 0. The standard InChI is InChI=1S/C28H34N4O5/c33-24(31-37)14-6-1-2-7-15-25(34)32-17-16-21-20-12-8-9-13-22(20)30-27(21)23(32)18-29-26(28(35)36)19-10-4-3-5-11-19/h3-5,8-13,23,26,29-30,37H,1-2,6-7,14-18H2,(H,31,33)(H,35,36)/t23?,26-/m0/s1. The first-order valence-corrected chi connectivity index (χ1v) is 12.8. The molecular weight excluding hydrogens is 472 g/mol. The highest BCUT2D eigenvalue weighted by Gasteiger charge is 2.34. The molecule has 0 saturated heterocycles. The van der Waals surface area contributed by atoms with Gasteiger partial charge in [-0.15, -0.1) is 0 Å². The van der Waals surface area contributed by atoms with E-state index in [1.165, 1.54) is 5.56 Å². The lowest BCUT2D eigenvalue weighted by molar-refractivity contribution is -0.139. The molecule has 1 aliphatic rings. The molecule has 4 rings (SSSR count). The van der Waals surface area contributed by atoms with Gasteiger partial charge in [-0.25, -0.2) is 5.48 Å². The predicted octanol–water partition coefficient (Wildman–Crippen LogP) is 3.86. The number of aliphatic carboxylic acids is 1. The smallest absolute Gasteiger partial charge is 0.325 e. The third-order valence-corrected chi connectivity index (χ3v) is 7.04. The maximum absolute atomic E-state index is 13.3. The van der Waals surface area contributed by atoms with Crippen molar-refractivity contribution in [1.29, 1.82) is 0 Å². The number of hydroxylamine groups is 1. The highest BCUT2D eigenvalue weighted by atomic mass is 16.5. The number of rotatable bonds is 12. The minimum absolute atomic E-state index is 0.0378. The second-order valence-electron chi connectivity index (χ2n) is 9.46. The third-order valence-electron chi connectivity index (χ3n) is 7.04. The number of unbranched alkanes of at least 4 members (excludes halogenated alkanes) is 3. The van der Waals surface area contributed by atoms with Crippen molar-refractivity contribution in [2.75, 3.05) is 13.1 Å². The van der Waals surface area contributed by atoms with Crippen LogP contribution in [0.4, 0.5) is 0 Å². The normalized spacial score (nSPS) is 15.8. The fourth-order valence-electron chi connectivity index (χ4n) is 5.17. The molecule has 1 aliphatic heterocycles. The predicted molar refractivity (Wildman–Crippen MR) is 139 cm³/mol. The van der Waals surface area contributed by atoms with Crippen molar-refractivity contribution < 1.29 is 24.7 Å². The number of carbonyl (C=O) groups excluding carboxylic acids is 2. The molecule has 2 aromatic carbocycles. The van der Waals surface area contributed by atoms with Crippen molar-refractivity contribution in [3.8, 4) is 0 Å². The average Bonchev–Trinajstić information content (AvgIpc) is 3.30. The molecule has 9 heteroatoms. The molecule has 0 radical (unpaired) electrons. The molecule has 0 bridgehead atoms. The van der Waals surface area contributed by atoms with Gasteiger partial charge in [-0.05, 0) is 36.5 Å². The number of hydrogen-bond acceptors (Lipinski definition) is 5. The van der Waals surface area contributed by atoms with Crippen LogP contribution in [0.25, 0.3) is 10.9 Å². The van der Waals surface area contributed by atoms with Crippen LogP contribution >= 0.6 is 0 Å². The summed E-state index contributed by atoms with van der Waals surface area (Å²) in [5.74, 6) is -1.33. The van der Waals surface area contributed by atoms with Gasteiger partial charge in [-0.3, -0.25) is 24.9 Å². The number of aromatic amines is 1. The SMILES string of the molecule is O=C(CCCCCCC(=O)N1CCc2c([nH]c3ccccc23)C1CN[C@H](C(=O)O)c1ccccc1)NO. The number of hydrogen-bond donors (Lipinski definition) is 5. The summed E-state index contributed by atoms with van der Waals surface area (Å²) in [6.45, 7) is 0.869. The Morgan fingerprint density at radius 3 is 2.41 bits per heavy atom. The number of nitrogens with zero attached hydrogens (tertiary/aromatic N) is 1. The van der Waals surface area contributed by atoms with Gasteiger partial charge < -0.3 is 15.0 Å². The average molecular weight is 507 g/mol. The summed E-state index contributed by atoms with van der Waals surface area (Å²) in [5, 5.41) is 22.8. The van der Waals surface area contributed by atoms with Gasteiger partial charge in [-0.1, -0.05) is 61.4 Å². The Hall–Kier alpha value is -3.69. The summed E-state index contributed by atoms with van der Waals surface area (Å²) in [5.41, 5.74) is 5.44. The fourth-order valence-corrected chi connectivity index (χ4v) is 5.17. The van der Waals surface area contributed by atoms with E-state index < -0.39 is 17.9 Å². The van der Waals surface area contributed by atoms with Crippen LogP contribution in [-0.4, -0.2) is 51.1 Å². The van der Waals surface area contributed by atoms with Crippen LogP contribution in [0.2, 0.25) is 0 Å². The molecule has 0 spiro atoms. The number of aromatic nitrogens is 1. The molecule has 3 aromatic rings. The number of carbonyl (C=O) groups is 3. The zero-order valence-electron chi connectivity index (χ0n) is 20.8. The van der Waals surface area contributed by atoms with E-state index in [1.54, 1.807) is 17.6 Å². The maximum Gasteiger partial charge on any atom is 0.325 e. The van der Waals surface area contributed by atoms with E-state index in [2.05, 4.69) is 16.4 Å². The molecule has 1 unspecified atom stereocenters. The number of fused-ring (bicyclic) bond motifs is 3. The second kappa shape index (κ2) is 12.5. The Balaban J connectivity index is 1.48. The number of nitrogens with one attached hydrogen (secondary N) is 3. The summed E-state index contributed by atoms with van der Waals surface area (Å²) in [6, 6.07) is 15.9. The van der Waals surface area contributed by atoms with E-state index in [-0.39, 0.29) is 18.4 Å². The van der Waals surface area contributed by atoms with Gasteiger partial charge in [0.25, 0.3) is 0 Å². The first-order valence-electron chi connectivity index (χ1n) is 12.8. The number of H-pyrrole nitrogens is 1. The van der Waals surface area contributed by atoms with Crippen LogP contribution in [0, 0.1) is 0 Å². The molecule has 9 nitrogen and oxygen atoms in total. The summed E-state index contributed by atoms with van der Waals surface area (Å²) in [4.78, 5) is 41.9. The Morgan fingerprint density at radius 2 is 1.68 bits per heavy atom. The molecule has 0 saturated carbocycles. The van der Waals surface area contributed by atoms with E-state index in [0.29, 0.717) is 37.9 Å². The van der Waals surface area contributed by atoms with Gasteiger partial charge in [-0.2, -0.15) is 0 Å². The molecule has 2 atom stereocenters. The van der Waals surface area contributed by atoms with Crippen LogP contribution in [0.15, 0.2) is 54.6 Å². The highest BCUT2D eigenvalue weighted by molar-refractivity contribution is 5.86. The van der Waals surface area contributed by atoms with Crippen LogP contribution in [0.3, 0.4) is 0 Å². The van der Waals surface area contributed by atoms with E-state index in [9.17, 15) is 19.5 Å². The minimum Gasteiger partial charge on any atom is -0.480 e. The molecule has 1 aromatic heterocycles. The van der Waals surface area contributed by atoms with Crippen LogP contribution < -0.4 is 10.8 Å². The monoisotopic (exact) mass is 506 g/mol. The molecule has 196 valence electrons. The number of benzene rings is 2. The van der Waals surface area contributed by atoms with E-state index >= 15 is 0 Å². The lowest BCUT2D eigenvalue weighted by Gasteiger charge is -2.37. The molecule has 2 amide bonds. The van der Waals surface area contributed by atoms with Crippen LogP contribution in [0.1, 0.15) is 67.4 Å². The van der Waals surface area contributed by atoms with Crippen molar-refractivity contribution in [2.45, 2.75) is 57.0 Å². The van der Waals surface area contributed by atoms with E-state index in [0.717, 1.165) is 35.9 Å². The number of carboxylic acid groups (broad SMARTS) is 1. The lowest BCUT2D eigenvalue weighted by Crippen LogP contribution is -2.45. The first kappa shape index (κ1) is 26.4. The van der Waals surface area contributed by atoms with E-state index in [1.807, 2.05) is 41.3 Å². The Bertz CT molecular complexity index is 1230. The van der Waals surface area contributed by atoms with Crippen molar-refractivity contribution in [3.05, 3.63) is 71.4 Å². The van der Waals surface area contributed by atoms with Gasteiger partial charge in [0, 0.05) is 42.5 Å². The summed E-state index contributed by atoms with van der Waals surface area (Å²) in [6.07, 6.45) is 4.36. The molecule has 0 fully saturated rings. The third kappa shape index (κ3) is 6.36. The highest BCUT2D eigenvalue weighted by Crippen LogP contribution is 2.35. The molecule has 2 heterocycles. The quantitative estimate of drug-likeness (QED) is 0.144. The topological polar surface area (TPSA) is 135 Å². The lowest BCUT2D eigenvalue weighted by atomic mass is 9.96. The maximum atomic E-state index is 13.3. The molecule has 5 N–H and O–H groups in total. The zero-order chi connectivity index (χ0) is 26.2. The number of para-hydroxylation sites is 1. The van der Waals surface area contributed by atoms with Gasteiger partial charge in [0.1, 0.15) is 6.04 Å². The molecular formula is C28H34N4O5. The van der Waals surface area contributed by atoms with Crippen LogP contribution in [0.5, 0.6) is 0 Å². The summed E-state index contributed by atoms with van der Waals surface area (Å²) in [7, 11) is 0. The Labute approximate surface area is 215 Å². The fraction of sp³-hybridized carbons (Fsp3) is 0.393. The van der Waals surface area contributed by atoms with Crippen molar-refractivity contribution in [3.63, 3.8) is 0 Å². The Kier molecular flexibility index (Phi) is 8.92. The van der Waals surface area contributed by atoms with Gasteiger partial charge >= 0.3 is 5.97 Å². The van der Waals surface area contributed by atoms with Crippen molar-refractivity contribution in [1.82, 2.24) is 20.7 Å². The summed E-state index contributed by atoms with van der Waals surface area (Å²) >= 11 is 0. The van der Waals surface area contributed by atoms with Gasteiger partial charge in [0.2, 0.25) is 11.8 Å². The van der Waals surface area contributed by atoms with E-state index in [4.69, 9.17) is 5.21 Å². The second-order valence-corrected chi connectivity index (χ2v) is 9.46. The van der Waals surface area contributed by atoms with Gasteiger partial charge in [0.15, 0.2) is 0 Å². The molecule has 0 aliphatic carbocycles. The number of amides is 2. The zero-order valence-corrected chi connectivity index (χ0v) is 20.8. The largest absolute Gasteiger partial charge is 0.480 e. The molecule has 37 heavy (non-hydrogen) atoms. The van der Waals surface area contributed by atoms with Crippen LogP contribution in [-0.2, 0) is 20.8 Å². The van der Waals surface area contributed by atoms with Crippen molar-refractivity contribution in [2.24, 2.45) is 0 Å². The number of carboxylic acids is 1. The minimum atomic E-state index is -0.966. The Morgan fingerprint density at radius 1 is 0.973 bits per heavy atom. The van der Waals surface area contributed by atoms with Gasteiger partial charge in [0.05, 0.1) is 6.04 Å². The van der Waals surface area contributed by atoms with Crippen molar-refractivity contribution >= 4 is 28.7 Å².